The van der Waals surface area contributed by atoms with Crippen LogP contribution in [-0.4, -0.2) is 70.7 Å². The van der Waals surface area contributed by atoms with E-state index in [-0.39, 0.29) is 25.8 Å². The molecule has 0 aromatic heterocycles. The van der Waals surface area contributed by atoms with Crippen LogP contribution in [-0.2, 0) is 27.9 Å². The summed E-state index contributed by atoms with van der Waals surface area (Å²) in [4.78, 5) is 25.1. The summed E-state index contributed by atoms with van der Waals surface area (Å²) in [5.41, 5.74) is 0. The summed E-state index contributed by atoms with van der Waals surface area (Å²) in [5.74, 6) is -0.326. The first kappa shape index (κ1) is 56.5. The van der Waals surface area contributed by atoms with Gasteiger partial charge in [-0.15, -0.1) is 0 Å². The van der Waals surface area contributed by atoms with Crippen molar-refractivity contribution in [3.63, 3.8) is 0 Å². The van der Waals surface area contributed by atoms with E-state index < -0.39 is 13.9 Å². The van der Waals surface area contributed by atoms with Crippen LogP contribution < -0.4 is 4.89 Å². The third-order valence-corrected chi connectivity index (χ3v) is 12.1. The minimum Gasteiger partial charge on any atom is -0.756 e. The maximum Gasteiger partial charge on any atom is 0.306 e. The monoisotopic (exact) mass is 832 g/mol. The van der Waals surface area contributed by atoms with E-state index in [1.807, 2.05) is 21.1 Å². The maximum absolute atomic E-state index is 12.7. The molecular formula is C48H98NO7P. The zero-order valence-corrected chi connectivity index (χ0v) is 39.7. The summed E-state index contributed by atoms with van der Waals surface area (Å²) in [6, 6.07) is 0. The van der Waals surface area contributed by atoms with Crippen molar-refractivity contribution in [3.8, 4) is 0 Å². The molecule has 0 bridgehead atoms. The number of phosphoric acid groups is 1. The van der Waals surface area contributed by atoms with Crippen LogP contribution >= 0.6 is 7.82 Å². The van der Waals surface area contributed by atoms with Gasteiger partial charge in [-0.1, -0.05) is 226 Å². The van der Waals surface area contributed by atoms with Crippen molar-refractivity contribution in [1.29, 1.82) is 0 Å². The molecule has 9 heteroatoms. The number of likely N-dealkylation sites (N-methyl/N-ethyl adjacent to an activating group) is 1. The van der Waals surface area contributed by atoms with Crippen molar-refractivity contribution in [1.82, 2.24) is 0 Å². The van der Waals surface area contributed by atoms with Crippen molar-refractivity contribution in [2.45, 2.75) is 251 Å². The molecule has 0 saturated carbocycles. The number of carbonyl (C=O) groups is 1. The number of ether oxygens (including phenoxy) is 2. The molecule has 342 valence electrons. The first-order chi connectivity index (χ1) is 27.6. The zero-order chi connectivity index (χ0) is 42.0. The maximum atomic E-state index is 12.7. The molecule has 0 aliphatic carbocycles. The molecule has 0 aromatic rings. The van der Waals surface area contributed by atoms with Crippen molar-refractivity contribution < 1.29 is 37.3 Å². The van der Waals surface area contributed by atoms with Crippen LogP contribution in [0.4, 0.5) is 0 Å². The molecule has 0 amide bonds. The fourth-order valence-electron chi connectivity index (χ4n) is 7.31. The predicted octanol–water partition coefficient (Wildman–Crippen LogP) is 14.2. The van der Waals surface area contributed by atoms with E-state index in [0.717, 1.165) is 32.1 Å². The second-order valence-corrected chi connectivity index (χ2v) is 19.6. The fraction of sp³-hybridized carbons (Fsp3) is 0.979. The largest absolute Gasteiger partial charge is 0.756 e. The van der Waals surface area contributed by atoms with Gasteiger partial charge in [0.15, 0.2) is 0 Å². The summed E-state index contributed by atoms with van der Waals surface area (Å²) in [5, 5.41) is 0. The number of hydrogen-bond acceptors (Lipinski definition) is 7. The zero-order valence-electron chi connectivity index (χ0n) is 38.8. The highest BCUT2D eigenvalue weighted by atomic mass is 31.2. The van der Waals surface area contributed by atoms with E-state index in [1.165, 1.54) is 193 Å². The number of esters is 1. The number of phosphoric ester groups is 1. The van der Waals surface area contributed by atoms with Gasteiger partial charge in [0.05, 0.1) is 34.4 Å². The lowest BCUT2D eigenvalue weighted by molar-refractivity contribution is -0.870. The second-order valence-electron chi connectivity index (χ2n) is 18.2. The molecule has 8 nitrogen and oxygen atoms in total. The molecule has 0 fully saturated rings. The third kappa shape index (κ3) is 46.4. The molecule has 57 heavy (non-hydrogen) atoms. The van der Waals surface area contributed by atoms with Gasteiger partial charge in [-0.25, -0.2) is 0 Å². The van der Waals surface area contributed by atoms with Crippen LogP contribution in [0, 0.1) is 0 Å². The van der Waals surface area contributed by atoms with E-state index in [4.69, 9.17) is 18.5 Å². The van der Waals surface area contributed by atoms with Crippen LogP contribution in [0.2, 0.25) is 0 Å². The van der Waals surface area contributed by atoms with E-state index in [9.17, 15) is 14.3 Å². The number of nitrogens with zero attached hydrogens (tertiary/aromatic N) is 1. The number of rotatable bonds is 47. The Morgan fingerprint density at radius 1 is 0.474 bits per heavy atom. The Kier molecular flexibility index (Phi) is 41.8. The predicted molar refractivity (Wildman–Crippen MR) is 241 cm³/mol. The highest BCUT2D eigenvalue weighted by molar-refractivity contribution is 7.45. The normalized spacial score (nSPS) is 13.6. The Morgan fingerprint density at radius 2 is 0.807 bits per heavy atom. The van der Waals surface area contributed by atoms with Gasteiger partial charge >= 0.3 is 5.97 Å². The van der Waals surface area contributed by atoms with Gasteiger partial charge < -0.3 is 27.9 Å². The van der Waals surface area contributed by atoms with Crippen LogP contribution in [0.15, 0.2) is 0 Å². The van der Waals surface area contributed by atoms with Crippen LogP contribution in [0.25, 0.3) is 0 Å². The summed E-state index contributed by atoms with van der Waals surface area (Å²) >= 11 is 0. The van der Waals surface area contributed by atoms with Gasteiger partial charge in [0.2, 0.25) is 0 Å². The topological polar surface area (TPSA) is 94.1 Å². The minimum absolute atomic E-state index is 0.0316. The minimum atomic E-state index is -4.52. The second kappa shape index (κ2) is 42.2. The third-order valence-electron chi connectivity index (χ3n) is 11.2. The van der Waals surface area contributed by atoms with E-state index in [2.05, 4.69) is 13.8 Å². The Balaban J connectivity index is 4.11. The van der Waals surface area contributed by atoms with Crippen LogP contribution in [0.3, 0.4) is 0 Å². The standard InChI is InChI=1S/C48H98NO7P/c1-6-8-10-12-14-16-18-20-22-24-25-26-27-29-31-33-35-37-39-41-48(50)56-47(46-55-57(51,52)54-44-42-49(3,4)5)45-53-43-40-38-36-34-32-30-28-23-21-19-17-15-13-11-9-7-2/h47H,6-46H2,1-5H3/t47-/m1/s1. The number of unbranched alkanes of at least 4 members (excludes halogenated alkanes) is 33. The SMILES string of the molecule is CCCCCCCCCCCCCCCCCCCCCC(=O)O[C@H](COCCCCCCCCCCCCCCCCCC)COP(=O)([O-])OCC[N+](C)(C)C. The first-order valence-corrected chi connectivity index (χ1v) is 26.2. The number of quaternary nitrogens is 1. The van der Waals surface area contributed by atoms with E-state index in [0.29, 0.717) is 24.1 Å². The van der Waals surface area contributed by atoms with Crippen molar-refractivity contribution in [2.24, 2.45) is 0 Å². The summed E-state index contributed by atoms with van der Waals surface area (Å²) < 4.78 is 34.7. The molecule has 0 aliphatic heterocycles. The van der Waals surface area contributed by atoms with Gasteiger partial charge in [-0.05, 0) is 12.8 Å². The number of carbonyl (C=O) groups excluding carboxylic acids is 1. The van der Waals surface area contributed by atoms with E-state index >= 15 is 0 Å². The van der Waals surface area contributed by atoms with Crippen LogP contribution in [0.1, 0.15) is 245 Å². The van der Waals surface area contributed by atoms with Crippen molar-refractivity contribution in [3.05, 3.63) is 0 Å². The lowest BCUT2D eigenvalue weighted by atomic mass is 10.0. The van der Waals surface area contributed by atoms with Gasteiger partial charge in [-0.2, -0.15) is 0 Å². The summed E-state index contributed by atoms with van der Waals surface area (Å²) in [7, 11) is 1.38. The van der Waals surface area contributed by atoms with Gasteiger partial charge in [0, 0.05) is 13.0 Å². The molecule has 0 spiro atoms. The van der Waals surface area contributed by atoms with Crippen LogP contribution in [0.5, 0.6) is 0 Å². The molecule has 2 atom stereocenters. The molecular weight excluding hydrogens is 734 g/mol. The molecule has 0 radical (unpaired) electrons. The van der Waals surface area contributed by atoms with Gasteiger partial charge in [0.1, 0.15) is 19.3 Å². The fourth-order valence-corrected chi connectivity index (χ4v) is 8.04. The average Bonchev–Trinajstić information content (AvgIpc) is 3.16. The van der Waals surface area contributed by atoms with Crippen molar-refractivity contribution in [2.75, 3.05) is 54.1 Å². The van der Waals surface area contributed by atoms with Crippen molar-refractivity contribution >= 4 is 13.8 Å². The molecule has 1 unspecified atom stereocenters. The quantitative estimate of drug-likeness (QED) is 0.0261. The molecule has 0 heterocycles. The summed E-state index contributed by atoms with van der Waals surface area (Å²) in [6.45, 7) is 5.49. The lowest BCUT2D eigenvalue weighted by Gasteiger charge is -2.28. The molecule has 0 aromatic carbocycles. The van der Waals surface area contributed by atoms with E-state index in [1.54, 1.807) is 0 Å². The molecule has 0 rings (SSSR count). The first-order valence-electron chi connectivity index (χ1n) is 24.8. The van der Waals surface area contributed by atoms with Gasteiger partial charge in [0.25, 0.3) is 7.82 Å². The Bertz CT molecular complexity index is 883. The highest BCUT2D eigenvalue weighted by Gasteiger charge is 2.20. The lowest BCUT2D eigenvalue weighted by Crippen LogP contribution is -2.37. The Labute approximate surface area is 355 Å². The average molecular weight is 832 g/mol. The molecule has 0 saturated heterocycles. The number of hydrogen-bond donors (Lipinski definition) is 0. The smallest absolute Gasteiger partial charge is 0.306 e. The molecule has 0 aliphatic rings. The summed E-state index contributed by atoms with van der Waals surface area (Å²) in [6.07, 6.45) is 45.4. The Morgan fingerprint density at radius 3 is 1.16 bits per heavy atom. The Hall–Kier alpha value is -0.500. The molecule has 0 N–H and O–H groups in total. The highest BCUT2D eigenvalue weighted by Crippen LogP contribution is 2.38. The van der Waals surface area contributed by atoms with Gasteiger partial charge in [-0.3, -0.25) is 9.36 Å².